The summed E-state index contributed by atoms with van der Waals surface area (Å²) in [7, 11) is 0. The van der Waals surface area contributed by atoms with Crippen LogP contribution >= 0.6 is 0 Å². The third-order valence-corrected chi connectivity index (χ3v) is 9.18. The van der Waals surface area contributed by atoms with Crippen LogP contribution in [0.25, 0.3) is 0 Å². The molecule has 26 heavy (non-hydrogen) atoms. The molecule has 0 spiro atoms. The Balaban J connectivity index is 1.53. The average Bonchev–Trinajstić information content (AvgIpc) is 3.00. The molecular formula is C25H33F. The van der Waals surface area contributed by atoms with E-state index in [4.69, 9.17) is 0 Å². The second-order valence-electron chi connectivity index (χ2n) is 10.1. The third kappa shape index (κ3) is 2.25. The van der Waals surface area contributed by atoms with Crippen LogP contribution in [0.5, 0.6) is 0 Å². The van der Waals surface area contributed by atoms with E-state index in [2.05, 4.69) is 13.8 Å². The van der Waals surface area contributed by atoms with Crippen molar-refractivity contribution >= 4 is 0 Å². The number of hydrogen-bond acceptors (Lipinski definition) is 0. The molecule has 2 saturated carbocycles. The lowest BCUT2D eigenvalue weighted by molar-refractivity contribution is -0.0329. The minimum atomic E-state index is -0.0596. The Bertz CT molecular complexity index is 746. The SMILES string of the molecule is C[C@]12CCCCC1CC[C@H]1C3=C(CC[C@@H]12)[C@](C)(c1ccccc1F)CC3. The molecule has 0 N–H and O–H groups in total. The fraction of sp³-hybridized carbons (Fsp3) is 0.680. The van der Waals surface area contributed by atoms with E-state index in [0.29, 0.717) is 5.41 Å². The molecule has 0 aromatic heterocycles. The quantitative estimate of drug-likeness (QED) is 0.469. The minimum absolute atomic E-state index is 0.00572. The Morgan fingerprint density at radius 2 is 1.77 bits per heavy atom. The van der Waals surface area contributed by atoms with Gasteiger partial charge in [0.1, 0.15) is 5.82 Å². The highest BCUT2D eigenvalue weighted by Gasteiger charge is 2.53. The molecule has 4 aliphatic rings. The molecule has 1 heteroatoms. The minimum Gasteiger partial charge on any atom is -0.207 e. The maximum Gasteiger partial charge on any atom is 0.127 e. The molecule has 5 atom stereocenters. The highest BCUT2D eigenvalue weighted by molar-refractivity contribution is 5.45. The van der Waals surface area contributed by atoms with Gasteiger partial charge in [0.15, 0.2) is 0 Å². The summed E-state index contributed by atoms with van der Waals surface area (Å²) in [6, 6.07) is 7.53. The van der Waals surface area contributed by atoms with Gasteiger partial charge in [-0.3, -0.25) is 0 Å². The van der Waals surface area contributed by atoms with Crippen molar-refractivity contribution in [3.8, 4) is 0 Å². The van der Waals surface area contributed by atoms with Crippen LogP contribution in [-0.4, -0.2) is 0 Å². The molecule has 0 bridgehead atoms. The number of hydrogen-bond donors (Lipinski definition) is 0. The lowest BCUT2D eigenvalue weighted by atomic mass is 9.49. The Morgan fingerprint density at radius 3 is 2.62 bits per heavy atom. The molecule has 0 amide bonds. The van der Waals surface area contributed by atoms with Gasteiger partial charge in [-0.25, -0.2) is 4.39 Å². The van der Waals surface area contributed by atoms with Gasteiger partial charge in [-0.15, -0.1) is 0 Å². The van der Waals surface area contributed by atoms with Crippen molar-refractivity contribution in [3.63, 3.8) is 0 Å². The highest BCUT2D eigenvalue weighted by atomic mass is 19.1. The van der Waals surface area contributed by atoms with E-state index < -0.39 is 0 Å². The highest BCUT2D eigenvalue weighted by Crippen LogP contribution is 2.63. The topological polar surface area (TPSA) is 0 Å². The van der Waals surface area contributed by atoms with Gasteiger partial charge >= 0.3 is 0 Å². The first-order valence-electron chi connectivity index (χ1n) is 11.0. The molecular weight excluding hydrogens is 319 g/mol. The second kappa shape index (κ2) is 5.94. The summed E-state index contributed by atoms with van der Waals surface area (Å²) in [5.74, 6) is 2.66. The predicted octanol–water partition coefficient (Wildman–Crippen LogP) is 7.19. The molecule has 1 aromatic carbocycles. The van der Waals surface area contributed by atoms with Gasteiger partial charge in [-0.1, -0.05) is 56.0 Å². The fourth-order valence-corrected chi connectivity index (χ4v) is 7.77. The monoisotopic (exact) mass is 352 g/mol. The van der Waals surface area contributed by atoms with E-state index in [-0.39, 0.29) is 11.2 Å². The van der Waals surface area contributed by atoms with Crippen molar-refractivity contribution in [1.29, 1.82) is 0 Å². The Morgan fingerprint density at radius 1 is 0.923 bits per heavy atom. The summed E-state index contributed by atoms with van der Waals surface area (Å²) in [5.41, 5.74) is 4.85. The summed E-state index contributed by atoms with van der Waals surface area (Å²) in [5, 5.41) is 0. The molecule has 0 aliphatic heterocycles. The van der Waals surface area contributed by atoms with Gasteiger partial charge in [0.25, 0.3) is 0 Å². The van der Waals surface area contributed by atoms with Crippen LogP contribution < -0.4 is 0 Å². The zero-order chi connectivity index (χ0) is 17.9. The van der Waals surface area contributed by atoms with Crippen molar-refractivity contribution in [2.75, 3.05) is 0 Å². The van der Waals surface area contributed by atoms with Crippen LogP contribution in [0.3, 0.4) is 0 Å². The van der Waals surface area contributed by atoms with Crippen molar-refractivity contribution in [2.45, 2.75) is 83.5 Å². The summed E-state index contributed by atoms with van der Waals surface area (Å²) in [6.07, 6.45) is 13.5. The van der Waals surface area contributed by atoms with Gasteiger partial charge in [0.2, 0.25) is 0 Å². The van der Waals surface area contributed by atoms with E-state index in [0.717, 1.165) is 29.7 Å². The van der Waals surface area contributed by atoms with Crippen LogP contribution in [0.15, 0.2) is 35.4 Å². The standard InChI is InChI=1S/C25H33F/c1-24-15-6-5-7-17(24)10-11-18-19-14-16-25(2,21(19)13-12-20(18)24)22-8-3-4-9-23(22)26/h3-4,8-9,17-18,20H,5-7,10-16H2,1-2H3/t17?,18-,20-,24-,25+/m0/s1. The van der Waals surface area contributed by atoms with Crippen molar-refractivity contribution < 1.29 is 4.39 Å². The Labute approximate surface area is 158 Å². The molecule has 1 unspecified atom stereocenters. The third-order valence-electron chi connectivity index (χ3n) is 9.18. The predicted molar refractivity (Wildman–Crippen MR) is 106 cm³/mol. The van der Waals surface area contributed by atoms with Gasteiger partial charge < -0.3 is 0 Å². The lowest BCUT2D eigenvalue weighted by Crippen LogP contribution is -2.47. The number of fused-ring (bicyclic) bond motifs is 4. The second-order valence-corrected chi connectivity index (χ2v) is 10.1. The zero-order valence-corrected chi connectivity index (χ0v) is 16.5. The molecule has 0 radical (unpaired) electrons. The van der Waals surface area contributed by atoms with E-state index in [1.165, 1.54) is 57.8 Å². The normalized spacial score (nSPS) is 42.2. The summed E-state index contributed by atoms with van der Waals surface area (Å²) < 4.78 is 14.6. The molecule has 0 nitrogen and oxygen atoms in total. The Kier molecular flexibility index (Phi) is 3.89. The lowest BCUT2D eigenvalue weighted by Gasteiger charge is -2.56. The number of halogens is 1. The van der Waals surface area contributed by atoms with Gasteiger partial charge in [0, 0.05) is 5.41 Å². The van der Waals surface area contributed by atoms with Crippen molar-refractivity contribution in [3.05, 3.63) is 46.8 Å². The van der Waals surface area contributed by atoms with Crippen LogP contribution in [0.2, 0.25) is 0 Å². The van der Waals surface area contributed by atoms with Gasteiger partial charge in [0.05, 0.1) is 0 Å². The van der Waals surface area contributed by atoms with Crippen molar-refractivity contribution in [2.24, 2.45) is 23.2 Å². The first-order chi connectivity index (χ1) is 12.5. The number of allylic oxidation sites excluding steroid dienone is 2. The molecule has 0 saturated heterocycles. The van der Waals surface area contributed by atoms with Crippen LogP contribution in [0, 0.1) is 29.0 Å². The largest absolute Gasteiger partial charge is 0.207 e. The first kappa shape index (κ1) is 17.0. The van der Waals surface area contributed by atoms with Crippen LogP contribution in [-0.2, 0) is 5.41 Å². The summed E-state index contributed by atoms with van der Waals surface area (Å²) in [6.45, 7) is 4.95. The maximum absolute atomic E-state index is 14.6. The summed E-state index contributed by atoms with van der Waals surface area (Å²) >= 11 is 0. The van der Waals surface area contributed by atoms with Gasteiger partial charge in [-0.2, -0.15) is 0 Å². The maximum atomic E-state index is 14.6. The average molecular weight is 353 g/mol. The van der Waals surface area contributed by atoms with E-state index in [1.54, 1.807) is 17.2 Å². The van der Waals surface area contributed by atoms with Crippen LogP contribution in [0.1, 0.15) is 83.6 Å². The number of benzene rings is 1. The summed E-state index contributed by atoms with van der Waals surface area (Å²) in [4.78, 5) is 0. The van der Waals surface area contributed by atoms with E-state index in [1.807, 2.05) is 18.2 Å². The molecule has 2 fully saturated rings. The number of rotatable bonds is 1. The molecule has 1 aromatic rings. The molecule has 4 aliphatic carbocycles. The zero-order valence-electron chi connectivity index (χ0n) is 16.5. The fourth-order valence-electron chi connectivity index (χ4n) is 7.77. The van der Waals surface area contributed by atoms with E-state index in [9.17, 15) is 4.39 Å². The van der Waals surface area contributed by atoms with Gasteiger partial charge in [-0.05, 0) is 86.2 Å². The van der Waals surface area contributed by atoms with E-state index >= 15 is 0 Å². The first-order valence-corrected chi connectivity index (χ1v) is 11.0. The smallest absolute Gasteiger partial charge is 0.127 e. The molecule has 140 valence electrons. The Hall–Kier alpha value is -1.11. The molecule has 0 heterocycles. The van der Waals surface area contributed by atoms with Crippen molar-refractivity contribution in [1.82, 2.24) is 0 Å². The van der Waals surface area contributed by atoms with Crippen LogP contribution in [0.4, 0.5) is 4.39 Å². The molecule has 5 rings (SSSR count).